The summed E-state index contributed by atoms with van der Waals surface area (Å²) in [5.41, 5.74) is 1.03. The Morgan fingerprint density at radius 1 is 1.50 bits per heavy atom. The minimum Gasteiger partial charge on any atom is -0.469 e. The van der Waals surface area contributed by atoms with E-state index >= 15 is 0 Å². The number of hydrogen-bond donors (Lipinski definition) is 0. The molecule has 0 N–H and O–H groups in total. The van der Waals surface area contributed by atoms with Crippen LogP contribution in [0.25, 0.3) is 5.57 Å². The first-order chi connectivity index (χ1) is 7.54. The van der Waals surface area contributed by atoms with Crippen molar-refractivity contribution < 1.29 is 13.9 Å². The Kier molecular flexibility index (Phi) is 4.68. The number of halogens is 2. The van der Waals surface area contributed by atoms with Crippen LogP contribution in [0.15, 0.2) is 29.3 Å². The third-order valence-electron chi connectivity index (χ3n) is 2.17. The second-order valence-electron chi connectivity index (χ2n) is 3.30. The van der Waals surface area contributed by atoms with Gasteiger partial charge in [-0.2, -0.15) is 0 Å². The quantitative estimate of drug-likeness (QED) is 0.791. The minimum absolute atomic E-state index is 0.213. The van der Waals surface area contributed by atoms with Gasteiger partial charge in [0.25, 0.3) is 0 Å². The van der Waals surface area contributed by atoms with Crippen molar-refractivity contribution in [2.24, 2.45) is 0 Å². The van der Waals surface area contributed by atoms with E-state index in [-0.39, 0.29) is 18.2 Å². The van der Waals surface area contributed by atoms with Gasteiger partial charge in [-0.25, -0.2) is 4.39 Å². The number of allylic oxidation sites excluding steroid dienone is 1. The van der Waals surface area contributed by atoms with E-state index in [1.54, 1.807) is 12.1 Å². The van der Waals surface area contributed by atoms with Gasteiger partial charge in [0.1, 0.15) is 5.82 Å². The summed E-state index contributed by atoms with van der Waals surface area (Å²) in [5.74, 6) is -0.664. The molecule has 0 aliphatic carbocycles. The molecule has 0 bridgehead atoms. The highest BCUT2D eigenvalue weighted by Crippen LogP contribution is 2.23. The topological polar surface area (TPSA) is 26.3 Å². The molecule has 0 amide bonds. The second kappa shape index (κ2) is 5.80. The smallest absolute Gasteiger partial charge is 0.305 e. The highest BCUT2D eigenvalue weighted by atomic mass is 79.9. The molecular formula is C12H12BrFO2. The van der Waals surface area contributed by atoms with Crippen molar-refractivity contribution in [3.63, 3.8) is 0 Å². The van der Waals surface area contributed by atoms with Crippen LogP contribution in [0.3, 0.4) is 0 Å². The Balaban J connectivity index is 2.70. The van der Waals surface area contributed by atoms with Gasteiger partial charge in [-0.3, -0.25) is 4.79 Å². The van der Waals surface area contributed by atoms with Gasteiger partial charge >= 0.3 is 5.97 Å². The van der Waals surface area contributed by atoms with Crippen molar-refractivity contribution >= 4 is 27.5 Å². The molecule has 0 heterocycles. The molecule has 0 fully saturated rings. The molecule has 0 saturated heterocycles. The highest BCUT2D eigenvalue weighted by molar-refractivity contribution is 9.10. The molecule has 0 aliphatic heterocycles. The molecule has 0 atom stereocenters. The molecule has 0 unspecified atom stereocenters. The van der Waals surface area contributed by atoms with E-state index in [0.29, 0.717) is 22.0 Å². The molecule has 0 spiro atoms. The van der Waals surface area contributed by atoms with Crippen molar-refractivity contribution in [2.75, 3.05) is 7.11 Å². The van der Waals surface area contributed by atoms with Crippen molar-refractivity contribution in [1.29, 1.82) is 0 Å². The van der Waals surface area contributed by atoms with Crippen LogP contribution in [0.2, 0.25) is 0 Å². The molecule has 1 aromatic carbocycles. The Morgan fingerprint density at radius 2 is 2.19 bits per heavy atom. The molecule has 1 aromatic rings. The van der Waals surface area contributed by atoms with E-state index in [4.69, 9.17) is 0 Å². The fourth-order valence-corrected chi connectivity index (χ4v) is 1.60. The first-order valence-corrected chi connectivity index (χ1v) is 5.54. The molecule has 0 aliphatic rings. The fourth-order valence-electron chi connectivity index (χ4n) is 1.27. The average Bonchev–Trinajstić information content (AvgIpc) is 2.25. The van der Waals surface area contributed by atoms with Crippen molar-refractivity contribution in [2.45, 2.75) is 12.8 Å². The van der Waals surface area contributed by atoms with E-state index in [1.807, 2.05) is 0 Å². The minimum atomic E-state index is -0.343. The summed E-state index contributed by atoms with van der Waals surface area (Å²) >= 11 is 3.18. The predicted molar refractivity (Wildman–Crippen MR) is 64.4 cm³/mol. The zero-order valence-electron chi connectivity index (χ0n) is 8.93. The van der Waals surface area contributed by atoms with Gasteiger partial charge < -0.3 is 4.74 Å². The van der Waals surface area contributed by atoms with Crippen molar-refractivity contribution in [1.82, 2.24) is 0 Å². The fraction of sp³-hybridized carbons (Fsp3) is 0.250. The van der Waals surface area contributed by atoms with Crippen LogP contribution in [0, 0.1) is 5.82 Å². The Bertz CT molecular complexity index is 415. The lowest BCUT2D eigenvalue weighted by Gasteiger charge is -2.06. The van der Waals surface area contributed by atoms with E-state index in [1.165, 1.54) is 13.2 Å². The van der Waals surface area contributed by atoms with Crippen LogP contribution in [0.4, 0.5) is 4.39 Å². The maximum absolute atomic E-state index is 13.5. The normalized spacial score (nSPS) is 9.94. The SMILES string of the molecule is C=C(CCC(=O)OC)c1ccc(Br)cc1F. The monoisotopic (exact) mass is 286 g/mol. The first-order valence-electron chi connectivity index (χ1n) is 4.74. The number of esters is 1. The van der Waals surface area contributed by atoms with Crippen molar-refractivity contribution in [3.8, 4) is 0 Å². The summed E-state index contributed by atoms with van der Waals surface area (Å²) < 4.78 is 18.7. The molecule has 2 nitrogen and oxygen atoms in total. The summed E-state index contributed by atoms with van der Waals surface area (Å²) in [6.07, 6.45) is 0.607. The standard InChI is InChI=1S/C12H12BrFO2/c1-8(3-6-12(15)16-2)10-5-4-9(13)7-11(10)14/h4-5,7H,1,3,6H2,2H3. The molecule has 0 saturated carbocycles. The lowest BCUT2D eigenvalue weighted by Crippen LogP contribution is -2.00. The summed E-state index contributed by atoms with van der Waals surface area (Å²) in [7, 11) is 1.32. The Labute approximate surface area is 102 Å². The molecule has 86 valence electrons. The predicted octanol–water partition coefficient (Wildman–Crippen LogP) is 3.55. The number of carbonyl (C=O) groups is 1. The molecule has 0 radical (unpaired) electrons. The van der Waals surface area contributed by atoms with Gasteiger partial charge in [0.2, 0.25) is 0 Å². The summed E-state index contributed by atoms with van der Waals surface area (Å²) in [6.45, 7) is 3.76. The number of benzene rings is 1. The van der Waals surface area contributed by atoms with Crippen LogP contribution < -0.4 is 0 Å². The number of hydrogen-bond acceptors (Lipinski definition) is 2. The van der Waals surface area contributed by atoms with Crippen LogP contribution in [-0.2, 0) is 9.53 Å². The molecular weight excluding hydrogens is 275 g/mol. The van der Waals surface area contributed by atoms with E-state index in [2.05, 4.69) is 27.2 Å². The van der Waals surface area contributed by atoms with Gasteiger partial charge in [0.05, 0.1) is 7.11 Å². The van der Waals surface area contributed by atoms with Gasteiger partial charge in [-0.15, -0.1) is 0 Å². The van der Waals surface area contributed by atoms with Crippen LogP contribution in [0.5, 0.6) is 0 Å². The lowest BCUT2D eigenvalue weighted by molar-refractivity contribution is -0.140. The van der Waals surface area contributed by atoms with E-state index in [0.717, 1.165) is 0 Å². The zero-order chi connectivity index (χ0) is 12.1. The number of rotatable bonds is 4. The Hall–Kier alpha value is -1.16. The lowest BCUT2D eigenvalue weighted by atomic mass is 10.0. The van der Waals surface area contributed by atoms with Crippen LogP contribution >= 0.6 is 15.9 Å². The van der Waals surface area contributed by atoms with Crippen LogP contribution in [0.1, 0.15) is 18.4 Å². The van der Waals surface area contributed by atoms with Gasteiger partial charge in [0.15, 0.2) is 0 Å². The first kappa shape index (κ1) is 12.9. The molecule has 16 heavy (non-hydrogen) atoms. The summed E-state index contributed by atoms with van der Waals surface area (Å²) in [5, 5.41) is 0. The van der Waals surface area contributed by atoms with Gasteiger partial charge in [-0.1, -0.05) is 28.6 Å². The van der Waals surface area contributed by atoms with E-state index < -0.39 is 0 Å². The second-order valence-corrected chi connectivity index (χ2v) is 4.22. The van der Waals surface area contributed by atoms with Crippen LogP contribution in [-0.4, -0.2) is 13.1 Å². The summed E-state index contributed by atoms with van der Waals surface area (Å²) in [6, 6.07) is 4.75. The van der Waals surface area contributed by atoms with Gasteiger partial charge in [0, 0.05) is 16.5 Å². The van der Waals surface area contributed by atoms with E-state index in [9.17, 15) is 9.18 Å². The number of carbonyl (C=O) groups excluding carboxylic acids is 1. The number of methoxy groups -OCH3 is 1. The number of ether oxygens (including phenoxy) is 1. The molecule has 4 heteroatoms. The largest absolute Gasteiger partial charge is 0.469 e. The molecule has 0 aromatic heterocycles. The average molecular weight is 287 g/mol. The van der Waals surface area contributed by atoms with Crippen molar-refractivity contribution in [3.05, 3.63) is 40.6 Å². The highest BCUT2D eigenvalue weighted by Gasteiger charge is 2.08. The maximum atomic E-state index is 13.5. The third kappa shape index (κ3) is 3.45. The maximum Gasteiger partial charge on any atom is 0.305 e. The third-order valence-corrected chi connectivity index (χ3v) is 2.66. The Morgan fingerprint density at radius 3 is 2.75 bits per heavy atom. The summed E-state index contributed by atoms with van der Waals surface area (Å²) in [4.78, 5) is 10.9. The van der Waals surface area contributed by atoms with Gasteiger partial charge in [-0.05, 0) is 24.1 Å². The zero-order valence-corrected chi connectivity index (χ0v) is 10.5. The molecule has 1 rings (SSSR count).